The van der Waals surface area contributed by atoms with Crippen LogP contribution in [-0.2, 0) is 6.54 Å². The van der Waals surface area contributed by atoms with Crippen molar-refractivity contribution in [3.8, 4) is 0 Å². The van der Waals surface area contributed by atoms with E-state index in [2.05, 4.69) is 5.18 Å². The minimum atomic E-state index is -1.15. The zero-order valence-electron chi connectivity index (χ0n) is 5.48. The number of hydrogen-bond acceptors (Lipinski definition) is 4. The van der Waals surface area contributed by atoms with Gasteiger partial charge in [0.05, 0.1) is 0 Å². The third kappa shape index (κ3) is 1.64. The Bertz CT molecular complexity index is 278. The minimum absolute atomic E-state index is 0.132. The van der Waals surface area contributed by atoms with Gasteiger partial charge in [-0.3, -0.25) is 0 Å². The van der Waals surface area contributed by atoms with E-state index in [-0.39, 0.29) is 18.1 Å². The Labute approximate surface area is 61.6 Å². The first-order valence-electron chi connectivity index (χ1n) is 2.85. The van der Waals surface area contributed by atoms with Gasteiger partial charge in [-0.1, -0.05) is 5.18 Å². The minimum Gasteiger partial charge on any atom is -0.475 e. The highest BCUT2D eigenvalue weighted by atomic mass is 16.4. The second-order valence-corrected chi connectivity index (χ2v) is 1.86. The summed E-state index contributed by atoms with van der Waals surface area (Å²) in [5.41, 5.74) is 0. The third-order valence-electron chi connectivity index (χ3n) is 1.09. The zero-order valence-corrected chi connectivity index (χ0v) is 5.48. The number of nitroso groups, excluding NO2 is 1. The van der Waals surface area contributed by atoms with Crippen LogP contribution in [0.2, 0.25) is 0 Å². The van der Waals surface area contributed by atoms with Gasteiger partial charge >= 0.3 is 5.97 Å². The molecule has 0 aromatic carbocycles. The topological polar surface area (TPSA) is 79.9 Å². The fraction of sp³-hybridized carbons (Fsp3) is 0.167. The summed E-state index contributed by atoms with van der Waals surface area (Å²) in [7, 11) is 0. The maximum Gasteiger partial charge on any atom is 0.371 e. The Balaban J connectivity index is 2.81. The molecule has 1 aromatic heterocycles. The molecule has 0 saturated heterocycles. The van der Waals surface area contributed by atoms with Crippen LogP contribution in [0, 0.1) is 4.91 Å². The molecule has 1 N–H and O–H groups in total. The lowest BCUT2D eigenvalue weighted by Crippen LogP contribution is -1.91. The number of aromatic carboxylic acids is 1. The van der Waals surface area contributed by atoms with Crippen LogP contribution < -0.4 is 0 Å². The smallest absolute Gasteiger partial charge is 0.371 e. The molecule has 5 heteroatoms. The number of carboxylic acids is 1. The summed E-state index contributed by atoms with van der Waals surface area (Å²) in [5, 5.41) is 10.9. The van der Waals surface area contributed by atoms with Crippen molar-refractivity contribution < 1.29 is 14.3 Å². The van der Waals surface area contributed by atoms with Gasteiger partial charge in [0.25, 0.3) is 0 Å². The Morgan fingerprint density at radius 1 is 1.64 bits per heavy atom. The summed E-state index contributed by atoms with van der Waals surface area (Å²) >= 11 is 0. The van der Waals surface area contributed by atoms with Gasteiger partial charge in [0.15, 0.2) is 0 Å². The summed E-state index contributed by atoms with van der Waals surface area (Å²) in [6, 6.07) is 2.69. The van der Waals surface area contributed by atoms with Gasteiger partial charge in [0.1, 0.15) is 12.3 Å². The molecule has 0 atom stereocenters. The molecule has 0 aliphatic heterocycles. The molecule has 0 radical (unpaired) electrons. The van der Waals surface area contributed by atoms with Crippen molar-refractivity contribution >= 4 is 5.97 Å². The summed E-state index contributed by atoms with van der Waals surface area (Å²) < 4.78 is 4.69. The Morgan fingerprint density at radius 3 is 2.82 bits per heavy atom. The lowest BCUT2D eigenvalue weighted by Gasteiger charge is -1.84. The van der Waals surface area contributed by atoms with Gasteiger partial charge in [-0.05, 0) is 12.1 Å². The quantitative estimate of drug-likeness (QED) is 0.666. The van der Waals surface area contributed by atoms with Crippen molar-refractivity contribution in [2.24, 2.45) is 5.18 Å². The predicted octanol–water partition coefficient (Wildman–Crippen LogP) is 1.24. The standard InChI is InChI=1S/C6H5NO4/c8-6(9)5-2-1-4(11-5)3-7-10/h1-2H,3H2,(H,8,9). The van der Waals surface area contributed by atoms with Crippen LogP contribution in [0.4, 0.5) is 0 Å². The van der Waals surface area contributed by atoms with E-state index >= 15 is 0 Å². The maximum absolute atomic E-state index is 10.2. The van der Waals surface area contributed by atoms with E-state index in [4.69, 9.17) is 9.52 Å². The van der Waals surface area contributed by atoms with E-state index in [9.17, 15) is 9.70 Å². The van der Waals surface area contributed by atoms with Crippen LogP contribution in [-0.4, -0.2) is 11.1 Å². The number of rotatable bonds is 3. The largest absolute Gasteiger partial charge is 0.475 e. The molecule has 0 aliphatic rings. The van der Waals surface area contributed by atoms with Gasteiger partial charge in [-0.15, -0.1) is 0 Å². The molecule has 0 aliphatic carbocycles. The molecule has 5 nitrogen and oxygen atoms in total. The highest BCUT2D eigenvalue weighted by molar-refractivity contribution is 5.84. The maximum atomic E-state index is 10.2. The average Bonchev–Trinajstić information content (AvgIpc) is 2.37. The number of furan rings is 1. The van der Waals surface area contributed by atoms with Crippen molar-refractivity contribution in [2.75, 3.05) is 0 Å². The SMILES string of the molecule is O=NCc1ccc(C(=O)O)o1. The first-order valence-corrected chi connectivity index (χ1v) is 2.85. The summed E-state index contributed by atoms with van der Waals surface area (Å²) in [5.74, 6) is -1.07. The molecule has 1 heterocycles. The van der Waals surface area contributed by atoms with E-state index < -0.39 is 5.97 Å². The fourth-order valence-electron chi connectivity index (χ4n) is 0.641. The Hall–Kier alpha value is -1.65. The van der Waals surface area contributed by atoms with E-state index in [0.717, 1.165) is 0 Å². The second-order valence-electron chi connectivity index (χ2n) is 1.86. The van der Waals surface area contributed by atoms with Crippen molar-refractivity contribution in [2.45, 2.75) is 6.54 Å². The molecule has 1 aromatic rings. The second kappa shape index (κ2) is 2.96. The van der Waals surface area contributed by atoms with Crippen molar-refractivity contribution in [1.29, 1.82) is 0 Å². The van der Waals surface area contributed by atoms with Crippen LogP contribution in [0.1, 0.15) is 16.3 Å². The molecule has 0 bridgehead atoms. The molecular formula is C6H5NO4. The lowest BCUT2D eigenvalue weighted by molar-refractivity contribution is 0.0660. The highest BCUT2D eigenvalue weighted by Gasteiger charge is 2.07. The first-order chi connectivity index (χ1) is 5.24. The van der Waals surface area contributed by atoms with Gasteiger partial charge < -0.3 is 9.52 Å². The van der Waals surface area contributed by atoms with E-state index in [0.29, 0.717) is 0 Å². The van der Waals surface area contributed by atoms with Crippen LogP contribution in [0.3, 0.4) is 0 Å². The molecule has 0 saturated carbocycles. The summed E-state index contributed by atoms with van der Waals surface area (Å²) in [4.78, 5) is 19.9. The monoisotopic (exact) mass is 155 g/mol. The van der Waals surface area contributed by atoms with E-state index in [1.807, 2.05) is 0 Å². The summed E-state index contributed by atoms with van der Waals surface area (Å²) in [6.07, 6.45) is 0. The molecule has 0 amide bonds. The molecule has 0 fully saturated rings. The van der Waals surface area contributed by atoms with E-state index in [1.54, 1.807) is 0 Å². The third-order valence-corrected chi connectivity index (χ3v) is 1.09. The normalized spacial score (nSPS) is 9.45. The van der Waals surface area contributed by atoms with Gasteiger partial charge in [-0.25, -0.2) is 4.79 Å². The fourth-order valence-corrected chi connectivity index (χ4v) is 0.641. The number of carbonyl (C=O) groups is 1. The van der Waals surface area contributed by atoms with Crippen molar-refractivity contribution in [1.82, 2.24) is 0 Å². The van der Waals surface area contributed by atoms with Crippen LogP contribution in [0.5, 0.6) is 0 Å². The molecule has 1 rings (SSSR count). The summed E-state index contributed by atoms with van der Waals surface area (Å²) in [6.45, 7) is -0.132. The molecule has 0 spiro atoms. The van der Waals surface area contributed by atoms with Crippen LogP contribution in [0.25, 0.3) is 0 Å². The van der Waals surface area contributed by atoms with E-state index in [1.165, 1.54) is 12.1 Å². The highest BCUT2D eigenvalue weighted by Crippen LogP contribution is 2.08. The number of nitrogens with zero attached hydrogens (tertiary/aromatic N) is 1. The zero-order chi connectivity index (χ0) is 8.27. The van der Waals surface area contributed by atoms with Crippen molar-refractivity contribution in [3.05, 3.63) is 28.6 Å². The van der Waals surface area contributed by atoms with Crippen LogP contribution in [0.15, 0.2) is 21.7 Å². The van der Waals surface area contributed by atoms with Gasteiger partial charge in [0, 0.05) is 0 Å². The molecular weight excluding hydrogens is 150 g/mol. The van der Waals surface area contributed by atoms with Gasteiger partial charge in [-0.2, -0.15) is 4.91 Å². The Morgan fingerprint density at radius 2 is 2.36 bits per heavy atom. The predicted molar refractivity (Wildman–Crippen MR) is 35.2 cm³/mol. The number of hydrogen-bond donors (Lipinski definition) is 1. The average molecular weight is 155 g/mol. The van der Waals surface area contributed by atoms with Crippen molar-refractivity contribution in [3.63, 3.8) is 0 Å². The molecule has 58 valence electrons. The Kier molecular flexibility index (Phi) is 2.00. The lowest BCUT2D eigenvalue weighted by atomic mass is 10.4. The molecule has 0 unspecified atom stereocenters. The molecule has 11 heavy (non-hydrogen) atoms. The van der Waals surface area contributed by atoms with Crippen LogP contribution >= 0.6 is 0 Å². The first kappa shape index (κ1) is 7.46. The van der Waals surface area contributed by atoms with Gasteiger partial charge in [0.2, 0.25) is 5.76 Å². The number of carboxylic acid groups (broad SMARTS) is 1.